The molecule has 4 N–H and O–H groups in total. The molecule has 0 saturated carbocycles. The van der Waals surface area contributed by atoms with Crippen LogP contribution < -0.4 is 0 Å². The lowest BCUT2D eigenvalue weighted by Crippen LogP contribution is -2.37. The van der Waals surface area contributed by atoms with Gasteiger partial charge in [-0.05, 0) is 24.6 Å². The van der Waals surface area contributed by atoms with Gasteiger partial charge in [0.15, 0.2) is 17.1 Å². The fraction of sp³-hybridized carbons (Fsp3) is 0.300. The number of phenols is 2. The van der Waals surface area contributed by atoms with E-state index in [0.717, 1.165) is 0 Å². The van der Waals surface area contributed by atoms with E-state index in [2.05, 4.69) is 0 Å². The van der Waals surface area contributed by atoms with E-state index < -0.39 is 11.6 Å². The molecule has 0 spiro atoms. The van der Waals surface area contributed by atoms with Gasteiger partial charge in [-0.3, -0.25) is 0 Å². The first kappa shape index (κ1) is 11.3. The van der Waals surface area contributed by atoms with Gasteiger partial charge in [0, 0.05) is 6.42 Å². The number of carboxylic acids is 1. The predicted octanol–water partition coefficient (Wildman–Crippen LogP) is 0.476. The molecule has 0 unspecified atom stereocenters. The molecule has 1 aromatic carbocycles. The lowest BCUT2D eigenvalue weighted by Gasteiger charge is -2.17. The highest BCUT2D eigenvalue weighted by molar-refractivity contribution is 5.77. The van der Waals surface area contributed by atoms with Crippen LogP contribution in [0.2, 0.25) is 0 Å². The number of aromatic hydroxyl groups is 2. The van der Waals surface area contributed by atoms with E-state index in [1.807, 2.05) is 0 Å². The second kappa shape index (κ2) is 3.78. The molecule has 0 aliphatic rings. The van der Waals surface area contributed by atoms with Gasteiger partial charge in [-0.25, -0.2) is 4.79 Å². The van der Waals surface area contributed by atoms with Crippen LogP contribution in [0.4, 0.5) is 0 Å². The minimum Gasteiger partial charge on any atom is -0.504 e. The van der Waals surface area contributed by atoms with Crippen LogP contribution in [0.15, 0.2) is 18.2 Å². The number of carbonyl (C=O) groups is 1. The van der Waals surface area contributed by atoms with Crippen LogP contribution in [-0.2, 0) is 11.2 Å². The molecule has 1 atom stereocenters. The van der Waals surface area contributed by atoms with Crippen molar-refractivity contribution in [3.63, 3.8) is 0 Å². The van der Waals surface area contributed by atoms with Crippen molar-refractivity contribution in [2.75, 3.05) is 0 Å². The molecule has 0 fully saturated rings. The third kappa shape index (κ3) is 2.60. The Hall–Kier alpha value is -1.75. The van der Waals surface area contributed by atoms with E-state index in [9.17, 15) is 9.90 Å². The van der Waals surface area contributed by atoms with Gasteiger partial charge in [0.05, 0.1) is 0 Å². The van der Waals surface area contributed by atoms with Crippen molar-refractivity contribution in [1.29, 1.82) is 0 Å². The first-order valence-electron chi connectivity index (χ1n) is 4.29. The van der Waals surface area contributed by atoms with Crippen molar-refractivity contribution in [1.82, 2.24) is 0 Å². The molecule has 0 bridgehead atoms. The van der Waals surface area contributed by atoms with Gasteiger partial charge >= 0.3 is 5.97 Å². The molecular weight excluding hydrogens is 200 g/mol. The molecule has 0 heterocycles. The number of aliphatic hydroxyl groups is 1. The summed E-state index contributed by atoms with van der Waals surface area (Å²) in [4.78, 5) is 10.6. The zero-order valence-electron chi connectivity index (χ0n) is 8.14. The molecule has 0 aliphatic heterocycles. The Balaban J connectivity index is 2.91. The average Bonchev–Trinajstić information content (AvgIpc) is 2.10. The van der Waals surface area contributed by atoms with Crippen LogP contribution in [0.1, 0.15) is 12.5 Å². The molecule has 82 valence electrons. The van der Waals surface area contributed by atoms with E-state index >= 15 is 0 Å². The predicted molar refractivity (Wildman–Crippen MR) is 51.7 cm³/mol. The maximum absolute atomic E-state index is 10.6. The first-order valence-corrected chi connectivity index (χ1v) is 4.29. The zero-order valence-corrected chi connectivity index (χ0v) is 8.14. The van der Waals surface area contributed by atoms with E-state index in [4.69, 9.17) is 15.3 Å². The minimum absolute atomic E-state index is 0.143. The van der Waals surface area contributed by atoms with Crippen molar-refractivity contribution in [2.45, 2.75) is 18.9 Å². The van der Waals surface area contributed by atoms with Crippen LogP contribution in [0.3, 0.4) is 0 Å². The highest BCUT2D eigenvalue weighted by atomic mass is 16.4. The van der Waals surface area contributed by atoms with Gasteiger partial charge in [-0.1, -0.05) is 6.07 Å². The summed E-state index contributed by atoms with van der Waals surface area (Å²) >= 11 is 0. The normalized spacial score (nSPS) is 14.5. The summed E-state index contributed by atoms with van der Waals surface area (Å²) in [5.74, 6) is -1.96. The molecule has 0 aliphatic carbocycles. The Bertz CT molecular complexity index is 383. The van der Waals surface area contributed by atoms with Gasteiger partial charge < -0.3 is 20.4 Å². The summed E-state index contributed by atoms with van der Waals surface area (Å²) in [6, 6.07) is 3.89. The van der Waals surface area contributed by atoms with E-state index in [0.29, 0.717) is 5.56 Å². The summed E-state index contributed by atoms with van der Waals surface area (Å²) in [5, 5.41) is 36.3. The van der Waals surface area contributed by atoms with Crippen molar-refractivity contribution in [2.24, 2.45) is 0 Å². The quantitative estimate of drug-likeness (QED) is 0.546. The largest absolute Gasteiger partial charge is 0.504 e. The van der Waals surface area contributed by atoms with Crippen LogP contribution in [-0.4, -0.2) is 32.0 Å². The molecular formula is C10H12O5. The number of hydrogen-bond acceptors (Lipinski definition) is 4. The van der Waals surface area contributed by atoms with E-state index in [-0.39, 0.29) is 17.9 Å². The number of aliphatic carboxylic acids is 1. The second-order valence-corrected chi connectivity index (χ2v) is 3.58. The Kier molecular flexibility index (Phi) is 2.85. The number of rotatable bonds is 3. The maximum atomic E-state index is 10.6. The molecule has 1 rings (SSSR count). The van der Waals surface area contributed by atoms with Crippen molar-refractivity contribution >= 4 is 5.97 Å². The number of hydrogen-bond donors (Lipinski definition) is 4. The lowest BCUT2D eigenvalue weighted by atomic mass is 9.96. The van der Waals surface area contributed by atoms with Gasteiger partial charge in [0.1, 0.15) is 0 Å². The Morgan fingerprint density at radius 2 is 1.93 bits per heavy atom. The Morgan fingerprint density at radius 3 is 2.40 bits per heavy atom. The number of carboxylic acid groups (broad SMARTS) is 1. The Labute approximate surface area is 86.2 Å². The third-order valence-corrected chi connectivity index (χ3v) is 2.05. The van der Waals surface area contributed by atoms with Crippen LogP contribution in [0.25, 0.3) is 0 Å². The highest BCUT2D eigenvalue weighted by Gasteiger charge is 2.30. The molecule has 1 aromatic rings. The average molecular weight is 212 g/mol. The zero-order chi connectivity index (χ0) is 11.6. The lowest BCUT2D eigenvalue weighted by molar-refractivity contribution is -0.156. The summed E-state index contributed by atoms with van der Waals surface area (Å²) < 4.78 is 0. The monoisotopic (exact) mass is 212 g/mol. The minimum atomic E-state index is -1.89. The molecule has 15 heavy (non-hydrogen) atoms. The first-order chi connectivity index (χ1) is 6.83. The van der Waals surface area contributed by atoms with Gasteiger partial charge in [0.25, 0.3) is 0 Å². The van der Waals surface area contributed by atoms with Crippen LogP contribution >= 0.6 is 0 Å². The molecule has 0 amide bonds. The maximum Gasteiger partial charge on any atom is 0.335 e. The summed E-state index contributed by atoms with van der Waals surface area (Å²) in [6.07, 6.45) is -0.143. The SMILES string of the molecule is C[C@](O)(Cc1ccc(O)c(O)c1)C(=O)O. The van der Waals surface area contributed by atoms with Gasteiger partial charge in [0.2, 0.25) is 0 Å². The van der Waals surface area contributed by atoms with Crippen molar-refractivity contribution in [3.05, 3.63) is 23.8 Å². The van der Waals surface area contributed by atoms with Gasteiger partial charge in [-0.15, -0.1) is 0 Å². The van der Waals surface area contributed by atoms with Gasteiger partial charge in [-0.2, -0.15) is 0 Å². The topological polar surface area (TPSA) is 98.0 Å². The fourth-order valence-electron chi connectivity index (χ4n) is 1.15. The summed E-state index contributed by atoms with van der Waals surface area (Å²) in [6.45, 7) is 1.17. The van der Waals surface area contributed by atoms with Crippen LogP contribution in [0.5, 0.6) is 11.5 Å². The standard InChI is InChI=1S/C10H12O5/c1-10(15,9(13)14)5-6-2-3-7(11)8(12)4-6/h2-4,11-12,15H,5H2,1H3,(H,13,14)/t10-/m0/s1. The number of phenolic OH excluding ortho intramolecular Hbond substituents is 2. The smallest absolute Gasteiger partial charge is 0.335 e. The van der Waals surface area contributed by atoms with E-state index in [1.165, 1.54) is 25.1 Å². The van der Waals surface area contributed by atoms with Crippen molar-refractivity contribution < 1.29 is 25.2 Å². The highest BCUT2D eigenvalue weighted by Crippen LogP contribution is 2.26. The second-order valence-electron chi connectivity index (χ2n) is 3.58. The fourth-order valence-corrected chi connectivity index (χ4v) is 1.15. The molecule has 0 radical (unpaired) electrons. The molecule has 0 saturated heterocycles. The number of benzene rings is 1. The van der Waals surface area contributed by atoms with Crippen molar-refractivity contribution in [3.8, 4) is 11.5 Å². The van der Waals surface area contributed by atoms with E-state index in [1.54, 1.807) is 0 Å². The Morgan fingerprint density at radius 1 is 1.33 bits per heavy atom. The third-order valence-electron chi connectivity index (χ3n) is 2.05. The molecule has 0 aromatic heterocycles. The summed E-state index contributed by atoms with van der Waals surface area (Å²) in [5.41, 5.74) is -1.46. The molecule has 5 heteroatoms. The summed E-state index contributed by atoms with van der Waals surface area (Å²) in [7, 11) is 0. The van der Waals surface area contributed by atoms with Crippen LogP contribution in [0, 0.1) is 0 Å². The molecule has 5 nitrogen and oxygen atoms in total.